The minimum Gasteiger partial charge on any atom is -0.469 e. The van der Waals surface area contributed by atoms with Crippen molar-refractivity contribution in [2.45, 2.75) is 32.3 Å². The van der Waals surface area contributed by atoms with Crippen LogP contribution in [0.2, 0.25) is 0 Å². The largest absolute Gasteiger partial charge is 0.469 e. The number of aliphatic hydroxyl groups is 1. The molecule has 0 aromatic heterocycles. The van der Waals surface area contributed by atoms with E-state index in [-0.39, 0.29) is 5.56 Å². The number of alkyl halides is 2. The first-order chi connectivity index (χ1) is 8.88. The Kier molecular flexibility index (Phi) is 5.42. The minimum absolute atomic E-state index is 0.278. The zero-order valence-corrected chi connectivity index (χ0v) is 11.1. The van der Waals surface area contributed by atoms with Crippen LogP contribution in [0.15, 0.2) is 24.3 Å². The van der Waals surface area contributed by atoms with Crippen LogP contribution in [0.25, 0.3) is 0 Å². The SMILES string of the molecule is COC(=O)C(C(F)F)C(O)c1ccc(C(C)C)cc1. The highest BCUT2D eigenvalue weighted by molar-refractivity contribution is 5.73. The van der Waals surface area contributed by atoms with Crippen LogP contribution in [-0.4, -0.2) is 24.6 Å². The maximum atomic E-state index is 12.8. The van der Waals surface area contributed by atoms with Crippen molar-refractivity contribution >= 4 is 5.97 Å². The number of carbonyl (C=O) groups is 1. The lowest BCUT2D eigenvalue weighted by atomic mass is 9.93. The molecule has 0 heterocycles. The highest BCUT2D eigenvalue weighted by Gasteiger charge is 2.37. The molecule has 1 aromatic rings. The number of hydrogen-bond donors (Lipinski definition) is 1. The summed E-state index contributed by atoms with van der Waals surface area (Å²) >= 11 is 0. The predicted molar refractivity (Wildman–Crippen MR) is 67.0 cm³/mol. The van der Waals surface area contributed by atoms with Crippen molar-refractivity contribution in [3.8, 4) is 0 Å². The monoisotopic (exact) mass is 272 g/mol. The lowest BCUT2D eigenvalue weighted by molar-refractivity contribution is -0.157. The van der Waals surface area contributed by atoms with Crippen molar-refractivity contribution in [1.29, 1.82) is 0 Å². The van der Waals surface area contributed by atoms with Crippen molar-refractivity contribution < 1.29 is 23.4 Å². The number of esters is 1. The molecule has 1 rings (SSSR count). The summed E-state index contributed by atoms with van der Waals surface area (Å²) in [7, 11) is 1.02. The topological polar surface area (TPSA) is 46.5 Å². The standard InChI is InChI=1S/C14H18F2O3/c1-8(2)9-4-6-10(7-5-9)12(17)11(13(15)16)14(18)19-3/h4-8,11-13,17H,1-3H3. The van der Waals surface area contributed by atoms with Crippen LogP contribution >= 0.6 is 0 Å². The molecule has 1 aromatic carbocycles. The van der Waals surface area contributed by atoms with Crippen molar-refractivity contribution in [2.75, 3.05) is 7.11 Å². The second-order valence-electron chi connectivity index (χ2n) is 4.65. The molecule has 0 aliphatic heterocycles. The molecular formula is C14H18F2O3. The first kappa shape index (κ1) is 15.6. The Morgan fingerprint density at radius 3 is 2.00 bits per heavy atom. The Morgan fingerprint density at radius 1 is 1.16 bits per heavy atom. The zero-order chi connectivity index (χ0) is 14.6. The van der Waals surface area contributed by atoms with Crippen LogP contribution in [0.3, 0.4) is 0 Å². The summed E-state index contributed by atoms with van der Waals surface area (Å²) in [5, 5.41) is 9.90. The van der Waals surface area contributed by atoms with Crippen LogP contribution in [0.4, 0.5) is 8.78 Å². The Balaban J connectivity index is 2.96. The van der Waals surface area contributed by atoms with Gasteiger partial charge in [-0.15, -0.1) is 0 Å². The number of hydrogen-bond acceptors (Lipinski definition) is 3. The molecule has 3 nitrogen and oxygen atoms in total. The summed E-state index contributed by atoms with van der Waals surface area (Å²) < 4.78 is 29.9. The molecule has 0 fully saturated rings. The lowest BCUT2D eigenvalue weighted by Crippen LogP contribution is -2.30. The number of methoxy groups -OCH3 is 1. The summed E-state index contributed by atoms with van der Waals surface area (Å²) in [4.78, 5) is 11.3. The van der Waals surface area contributed by atoms with Gasteiger partial charge in [0, 0.05) is 0 Å². The van der Waals surface area contributed by atoms with Crippen molar-refractivity contribution in [2.24, 2.45) is 5.92 Å². The average Bonchev–Trinajstić information content (AvgIpc) is 2.38. The van der Waals surface area contributed by atoms with Crippen LogP contribution in [0, 0.1) is 5.92 Å². The average molecular weight is 272 g/mol. The third-order valence-electron chi connectivity index (χ3n) is 3.03. The predicted octanol–water partition coefficient (Wildman–Crippen LogP) is 2.90. The lowest BCUT2D eigenvalue weighted by Gasteiger charge is -2.20. The molecule has 0 aliphatic carbocycles. The second kappa shape index (κ2) is 6.61. The molecule has 2 unspecified atom stereocenters. The van der Waals surface area contributed by atoms with E-state index in [2.05, 4.69) is 4.74 Å². The van der Waals surface area contributed by atoms with Crippen molar-refractivity contribution in [3.05, 3.63) is 35.4 Å². The van der Waals surface area contributed by atoms with E-state index in [9.17, 15) is 18.7 Å². The quantitative estimate of drug-likeness (QED) is 0.838. The Bertz CT molecular complexity index is 415. The summed E-state index contributed by atoms with van der Waals surface area (Å²) in [6.45, 7) is 4.00. The summed E-state index contributed by atoms with van der Waals surface area (Å²) in [6.07, 6.45) is -4.55. The molecule has 106 valence electrons. The Morgan fingerprint density at radius 2 is 1.63 bits per heavy atom. The molecule has 0 amide bonds. The van der Waals surface area contributed by atoms with Gasteiger partial charge in [-0.1, -0.05) is 38.1 Å². The van der Waals surface area contributed by atoms with E-state index in [1.54, 1.807) is 24.3 Å². The number of rotatable bonds is 5. The molecule has 0 spiro atoms. The summed E-state index contributed by atoms with van der Waals surface area (Å²) in [5.41, 5.74) is 1.31. The van der Waals surface area contributed by atoms with Crippen molar-refractivity contribution in [3.63, 3.8) is 0 Å². The zero-order valence-electron chi connectivity index (χ0n) is 11.1. The van der Waals surface area contributed by atoms with Gasteiger partial charge in [0.15, 0.2) is 0 Å². The van der Waals surface area contributed by atoms with E-state index in [0.717, 1.165) is 12.7 Å². The van der Waals surface area contributed by atoms with E-state index in [4.69, 9.17) is 0 Å². The van der Waals surface area contributed by atoms with Crippen molar-refractivity contribution in [1.82, 2.24) is 0 Å². The van der Waals surface area contributed by atoms with Gasteiger partial charge in [-0.2, -0.15) is 0 Å². The smallest absolute Gasteiger partial charge is 0.317 e. The molecular weight excluding hydrogens is 254 g/mol. The van der Waals surface area contributed by atoms with Gasteiger partial charge < -0.3 is 9.84 Å². The van der Waals surface area contributed by atoms with Crippen LogP contribution in [-0.2, 0) is 9.53 Å². The van der Waals surface area contributed by atoms with Crippen LogP contribution in [0.1, 0.15) is 37.0 Å². The van der Waals surface area contributed by atoms with Gasteiger partial charge in [0.2, 0.25) is 0 Å². The Hall–Kier alpha value is -1.49. The number of halogens is 2. The minimum atomic E-state index is -2.98. The fourth-order valence-corrected chi connectivity index (χ4v) is 1.79. The second-order valence-corrected chi connectivity index (χ2v) is 4.65. The van der Waals surface area contributed by atoms with Crippen LogP contribution in [0.5, 0.6) is 0 Å². The molecule has 0 radical (unpaired) electrons. The third kappa shape index (κ3) is 3.73. The van der Waals surface area contributed by atoms with E-state index in [0.29, 0.717) is 5.92 Å². The molecule has 0 aliphatic rings. The van der Waals surface area contributed by atoms with Gasteiger partial charge in [0.05, 0.1) is 13.2 Å². The fraction of sp³-hybridized carbons (Fsp3) is 0.500. The van der Waals surface area contributed by atoms with Gasteiger partial charge in [0.25, 0.3) is 6.43 Å². The molecule has 5 heteroatoms. The summed E-state index contributed by atoms with van der Waals surface area (Å²) in [5.74, 6) is -2.68. The number of benzene rings is 1. The maximum Gasteiger partial charge on any atom is 0.317 e. The first-order valence-electron chi connectivity index (χ1n) is 6.02. The van der Waals surface area contributed by atoms with E-state index >= 15 is 0 Å². The first-order valence-corrected chi connectivity index (χ1v) is 6.02. The molecule has 0 bridgehead atoms. The molecule has 1 N–H and O–H groups in total. The van der Waals surface area contributed by atoms with Gasteiger partial charge >= 0.3 is 5.97 Å². The molecule has 19 heavy (non-hydrogen) atoms. The highest BCUT2D eigenvalue weighted by atomic mass is 19.3. The third-order valence-corrected chi connectivity index (χ3v) is 3.03. The van der Waals surface area contributed by atoms with E-state index < -0.39 is 24.4 Å². The molecule has 0 saturated heterocycles. The number of carbonyl (C=O) groups excluding carboxylic acids is 1. The van der Waals surface area contributed by atoms with Gasteiger partial charge in [-0.25, -0.2) is 8.78 Å². The molecule has 0 saturated carbocycles. The summed E-state index contributed by atoms with van der Waals surface area (Å²) in [6, 6.07) is 6.61. The van der Waals surface area contributed by atoms with E-state index in [1.807, 2.05) is 13.8 Å². The Labute approximate surface area is 111 Å². The fourth-order valence-electron chi connectivity index (χ4n) is 1.79. The normalized spacial score (nSPS) is 14.5. The van der Waals surface area contributed by atoms with Crippen LogP contribution < -0.4 is 0 Å². The molecule has 2 atom stereocenters. The van der Waals surface area contributed by atoms with Gasteiger partial charge in [0.1, 0.15) is 5.92 Å². The maximum absolute atomic E-state index is 12.8. The number of aliphatic hydroxyl groups excluding tert-OH is 1. The number of ether oxygens (including phenoxy) is 1. The van der Waals surface area contributed by atoms with Gasteiger partial charge in [-0.3, -0.25) is 4.79 Å². The van der Waals surface area contributed by atoms with Gasteiger partial charge in [-0.05, 0) is 17.0 Å². The highest BCUT2D eigenvalue weighted by Crippen LogP contribution is 2.29. The van der Waals surface area contributed by atoms with E-state index in [1.165, 1.54) is 0 Å².